The molecule has 294 valence electrons. The third kappa shape index (κ3) is 8.77. The maximum atomic E-state index is 14.9. The molecule has 5 rings (SSSR count). The number of hydrogen-bond donors (Lipinski definition) is 2. The molecule has 0 saturated carbocycles. The van der Waals surface area contributed by atoms with E-state index in [4.69, 9.17) is 14.6 Å². The Bertz CT molecular complexity index is 1810. The first kappa shape index (κ1) is 40.8. The number of benzene rings is 1. The highest BCUT2D eigenvalue weighted by Gasteiger charge is 2.56. The number of carboxylic acids is 1. The van der Waals surface area contributed by atoms with Crippen LogP contribution in [0, 0.1) is 0 Å². The first-order valence-corrected chi connectivity index (χ1v) is 18.4. The van der Waals surface area contributed by atoms with Gasteiger partial charge < -0.3 is 29.5 Å². The Hall–Kier alpha value is -4.38. The molecular formula is C37H41F6N3O7S. The molecule has 2 N–H and O–H groups in total. The summed E-state index contributed by atoms with van der Waals surface area (Å²) in [6.07, 6.45) is -7.85. The molecule has 2 aliphatic heterocycles. The molecule has 2 aromatic heterocycles. The number of pyridine rings is 1. The molecule has 0 bridgehead atoms. The van der Waals surface area contributed by atoms with Crippen molar-refractivity contribution in [1.29, 1.82) is 0 Å². The molecule has 2 aliphatic rings. The van der Waals surface area contributed by atoms with Gasteiger partial charge in [-0.3, -0.25) is 19.4 Å². The fourth-order valence-corrected chi connectivity index (χ4v) is 7.95. The summed E-state index contributed by atoms with van der Waals surface area (Å²) in [5.74, 6) is -2.63. The van der Waals surface area contributed by atoms with Crippen LogP contribution < -0.4 is 9.47 Å². The van der Waals surface area contributed by atoms with Crippen LogP contribution in [0.2, 0.25) is 0 Å². The molecule has 0 aliphatic carbocycles. The molecule has 2 fully saturated rings. The van der Waals surface area contributed by atoms with Gasteiger partial charge in [0.25, 0.3) is 11.8 Å². The summed E-state index contributed by atoms with van der Waals surface area (Å²) >= 11 is 0.359. The van der Waals surface area contributed by atoms with E-state index in [0.29, 0.717) is 35.1 Å². The number of thiophene rings is 1. The number of ether oxygens (including phenoxy) is 2. The van der Waals surface area contributed by atoms with Gasteiger partial charge in [-0.25, -0.2) is 0 Å². The molecule has 10 nitrogen and oxygen atoms in total. The van der Waals surface area contributed by atoms with Gasteiger partial charge >= 0.3 is 18.3 Å². The van der Waals surface area contributed by atoms with Crippen LogP contribution in [0.5, 0.6) is 11.5 Å². The third-order valence-electron chi connectivity index (χ3n) is 9.92. The van der Waals surface area contributed by atoms with Crippen LogP contribution in [-0.2, 0) is 27.5 Å². The maximum Gasteiger partial charge on any atom is 0.425 e. The highest BCUT2D eigenvalue weighted by atomic mass is 32.1. The van der Waals surface area contributed by atoms with Crippen LogP contribution in [0.3, 0.4) is 0 Å². The highest BCUT2D eigenvalue weighted by Crippen LogP contribution is 2.44. The summed E-state index contributed by atoms with van der Waals surface area (Å²) in [6.45, 7) is 3.31. The number of carbonyl (C=O) groups is 3. The highest BCUT2D eigenvalue weighted by molar-refractivity contribution is 7.10. The molecule has 54 heavy (non-hydrogen) atoms. The topological polar surface area (TPSA) is 130 Å². The zero-order valence-electron chi connectivity index (χ0n) is 29.6. The van der Waals surface area contributed by atoms with Crippen molar-refractivity contribution in [2.24, 2.45) is 0 Å². The van der Waals surface area contributed by atoms with Gasteiger partial charge in [0, 0.05) is 61.9 Å². The minimum absolute atomic E-state index is 0.00108. The Labute approximate surface area is 311 Å². The van der Waals surface area contributed by atoms with Crippen molar-refractivity contribution in [3.8, 4) is 11.5 Å². The first-order valence-electron chi connectivity index (χ1n) is 17.6. The monoisotopic (exact) mass is 785 g/mol. The lowest BCUT2D eigenvalue weighted by Gasteiger charge is -2.51. The first-order chi connectivity index (χ1) is 25.4. The normalized spacial score (nSPS) is 21.0. The lowest BCUT2D eigenvalue weighted by atomic mass is 9.78. The van der Waals surface area contributed by atoms with Gasteiger partial charge in [-0.15, -0.1) is 11.3 Å². The predicted molar refractivity (Wildman–Crippen MR) is 184 cm³/mol. The third-order valence-corrected chi connectivity index (χ3v) is 10.9. The van der Waals surface area contributed by atoms with E-state index in [1.807, 2.05) is 0 Å². The number of para-hydroxylation sites is 1. The lowest BCUT2D eigenvalue weighted by Crippen LogP contribution is -2.68. The van der Waals surface area contributed by atoms with Gasteiger partial charge in [-0.1, -0.05) is 31.5 Å². The van der Waals surface area contributed by atoms with Crippen molar-refractivity contribution in [3.63, 3.8) is 0 Å². The number of likely N-dealkylation sites (tertiary alicyclic amines) is 2. The van der Waals surface area contributed by atoms with Gasteiger partial charge in [0.05, 0.1) is 28.9 Å². The van der Waals surface area contributed by atoms with Crippen molar-refractivity contribution in [2.45, 2.75) is 101 Å². The van der Waals surface area contributed by atoms with Crippen molar-refractivity contribution < 1.29 is 60.4 Å². The second-order valence-electron chi connectivity index (χ2n) is 13.6. The SMILES string of the molecule is CCCC1N(C(=O)c2cnccc2C(F)(F)F)CCCC1(Oc1csc(C(F)(F)F)c1)C(=O)N1CCC(O)(c2ccccc2OC(C)CCC(=O)O)CC1. The van der Waals surface area contributed by atoms with E-state index in [1.54, 1.807) is 38.1 Å². The van der Waals surface area contributed by atoms with E-state index in [1.165, 1.54) is 4.90 Å². The molecule has 17 heteroatoms. The van der Waals surface area contributed by atoms with Crippen molar-refractivity contribution in [2.75, 3.05) is 19.6 Å². The van der Waals surface area contributed by atoms with E-state index < -0.39 is 69.5 Å². The molecule has 3 unspecified atom stereocenters. The second kappa shape index (κ2) is 16.2. The van der Waals surface area contributed by atoms with Gasteiger partial charge in [0.2, 0.25) is 5.60 Å². The fraction of sp³-hybridized carbons (Fsp3) is 0.514. The summed E-state index contributed by atoms with van der Waals surface area (Å²) in [5, 5.41) is 22.1. The average molecular weight is 786 g/mol. The average Bonchev–Trinajstić information content (AvgIpc) is 3.60. The van der Waals surface area contributed by atoms with Gasteiger partial charge in [0.1, 0.15) is 16.4 Å². The minimum atomic E-state index is -4.90. The summed E-state index contributed by atoms with van der Waals surface area (Å²) < 4.78 is 95.5. The van der Waals surface area contributed by atoms with Crippen LogP contribution in [0.25, 0.3) is 0 Å². The number of alkyl halides is 6. The summed E-state index contributed by atoms with van der Waals surface area (Å²) in [6, 6.07) is 6.98. The number of aromatic nitrogens is 1. The number of piperidine rings is 2. The van der Waals surface area contributed by atoms with Crippen LogP contribution in [0.4, 0.5) is 26.3 Å². The number of carboxylic acid groups (broad SMARTS) is 1. The van der Waals surface area contributed by atoms with E-state index in [9.17, 15) is 45.8 Å². The predicted octanol–water partition coefficient (Wildman–Crippen LogP) is 7.55. The maximum absolute atomic E-state index is 14.9. The number of carbonyl (C=O) groups excluding carboxylic acids is 2. The van der Waals surface area contributed by atoms with Crippen molar-refractivity contribution in [1.82, 2.24) is 14.8 Å². The Morgan fingerprint density at radius 1 is 1.04 bits per heavy atom. The molecule has 4 heterocycles. The van der Waals surface area contributed by atoms with Gasteiger partial charge in [-0.05, 0) is 51.2 Å². The lowest BCUT2D eigenvalue weighted by molar-refractivity contribution is -0.163. The molecule has 2 amide bonds. The molecule has 0 spiro atoms. The smallest absolute Gasteiger partial charge is 0.425 e. The number of nitrogens with zero attached hydrogens (tertiary/aromatic N) is 3. The van der Waals surface area contributed by atoms with E-state index in [0.717, 1.165) is 28.7 Å². The van der Waals surface area contributed by atoms with Gasteiger partial charge in [-0.2, -0.15) is 26.3 Å². The zero-order valence-corrected chi connectivity index (χ0v) is 30.4. The van der Waals surface area contributed by atoms with Gasteiger partial charge in [0.15, 0.2) is 0 Å². The van der Waals surface area contributed by atoms with Crippen LogP contribution in [0.15, 0.2) is 54.2 Å². The number of aliphatic hydroxyl groups is 1. The zero-order chi connectivity index (χ0) is 39.5. The summed E-state index contributed by atoms with van der Waals surface area (Å²) in [5.41, 5.74) is -5.01. The van der Waals surface area contributed by atoms with Crippen molar-refractivity contribution >= 4 is 29.1 Å². The van der Waals surface area contributed by atoms with E-state index in [-0.39, 0.29) is 70.3 Å². The largest absolute Gasteiger partial charge is 0.490 e. The number of halogens is 6. The molecule has 1 aromatic carbocycles. The standard InChI is InChI=1S/C37H41F6N3O7S/c1-3-7-29-35(53-24-20-30(54-22-24)37(41,42)43,13-6-17-46(29)32(49)25-21-44-16-12-26(25)36(38,39)40)33(50)45-18-14-34(51,15-19-45)27-8-4-5-9-28(27)52-23(2)10-11-31(47)48/h4-5,8-9,12,16,20-23,29,51H,3,6-7,10-11,13-15,17-19H2,1-2H3,(H,47,48). The summed E-state index contributed by atoms with van der Waals surface area (Å²) in [7, 11) is 0. The number of hydrogen-bond acceptors (Lipinski definition) is 8. The van der Waals surface area contributed by atoms with Crippen LogP contribution >= 0.6 is 11.3 Å². The number of rotatable bonds is 12. The Balaban J connectivity index is 1.48. The van der Waals surface area contributed by atoms with E-state index in [2.05, 4.69) is 4.98 Å². The van der Waals surface area contributed by atoms with Crippen molar-refractivity contribution in [3.05, 3.63) is 75.7 Å². The second-order valence-corrected chi connectivity index (χ2v) is 14.6. The molecule has 3 aromatic rings. The Morgan fingerprint density at radius 2 is 1.74 bits per heavy atom. The summed E-state index contributed by atoms with van der Waals surface area (Å²) in [4.78, 5) is 45.3. The quantitative estimate of drug-likeness (QED) is 0.180. The Morgan fingerprint density at radius 3 is 2.37 bits per heavy atom. The molecular weight excluding hydrogens is 744 g/mol. The van der Waals surface area contributed by atoms with Crippen LogP contribution in [0.1, 0.15) is 91.6 Å². The number of amides is 2. The van der Waals surface area contributed by atoms with E-state index >= 15 is 0 Å². The molecule has 0 radical (unpaired) electrons. The fourth-order valence-electron chi connectivity index (χ4n) is 7.27. The number of aliphatic carboxylic acids is 1. The van der Waals surface area contributed by atoms with Crippen LogP contribution in [-0.4, -0.2) is 80.2 Å². The Kier molecular flexibility index (Phi) is 12.2. The minimum Gasteiger partial charge on any atom is -0.490 e. The molecule has 3 atom stereocenters. The molecule has 2 saturated heterocycles.